The van der Waals surface area contributed by atoms with Gasteiger partial charge in [0, 0.05) is 5.70 Å². The summed E-state index contributed by atoms with van der Waals surface area (Å²) < 4.78 is 5.43. The van der Waals surface area contributed by atoms with Crippen LogP contribution in [0.1, 0.15) is 11.1 Å². The number of amides is 2. The first-order chi connectivity index (χ1) is 12.6. The predicted molar refractivity (Wildman–Crippen MR) is 99.8 cm³/mol. The van der Waals surface area contributed by atoms with Crippen LogP contribution in [0.3, 0.4) is 0 Å². The monoisotopic (exact) mass is 348 g/mol. The molecule has 0 aromatic heterocycles. The Kier molecular flexibility index (Phi) is 5.49. The van der Waals surface area contributed by atoms with E-state index < -0.39 is 17.9 Å². The summed E-state index contributed by atoms with van der Waals surface area (Å²) in [6.45, 7) is 3.99. The van der Waals surface area contributed by atoms with E-state index in [4.69, 9.17) is 4.74 Å². The third-order valence-electron chi connectivity index (χ3n) is 4.08. The third kappa shape index (κ3) is 4.39. The van der Waals surface area contributed by atoms with Gasteiger partial charge in [0.1, 0.15) is 12.5 Å². The molecule has 1 aliphatic rings. The fourth-order valence-electron chi connectivity index (χ4n) is 2.76. The Labute approximate surface area is 152 Å². The number of esters is 1. The van der Waals surface area contributed by atoms with E-state index in [1.165, 1.54) is 0 Å². The van der Waals surface area contributed by atoms with Gasteiger partial charge in [0.15, 0.2) is 0 Å². The minimum Gasteiger partial charge on any atom is -0.460 e. The lowest BCUT2D eigenvalue weighted by molar-refractivity contribution is -0.149. The Morgan fingerprint density at radius 2 is 1.73 bits per heavy atom. The van der Waals surface area contributed by atoms with Crippen LogP contribution < -0.4 is 10.6 Å². The van der Waals surface area contributed by atoms with Crippen LogP contribution in [0.5, 0.6) is 0 Å². The highest BCUT2D eigenvalue weighted by Crippen LogP contribution is 2.20. The van der Waals surface area contributed by atoms with E-state index in [2.05, 4.69) is 17.2 Å². The Hall–Kier alpha value is -3.34. The summed E-state index contributed by atoms with van der Waals surface area (Å²) in [7, 11) is 0. The second kappa shape index (κ2) is 8.16. The number of benzene rings is 2. The van der Waals surface area contributed by atoms with Gasteiger partial charge >= 0.3 is 12.0 Å². The first kappa shape index (κ1) is 17.5. The number of hydrogen-bond donors (Lipinski definition) is 2. The molecule has 3 rings (SSSR count). The molecule has 5 heteroatoms. The van der Waals surface area contributed by atoms with Gasteiger partial charge in [0.25, 0.3) is 0 Å². The largest absolute Gasteiger partial charge is 0.460 e. The highest BCUT2D eigenvalue weighted by molar-refractivity contribution is 5.85. The normalized spacial score (nSPS) is 19.7. The molecule has 1 fully saturated rings. The van der Waals surface area contributed by atoms with Crippen molar-refractivity contribution in [3.63, 3.8) is 0 Å². The molecule has 132 valence electrons. The Balaban J connectivity index is 1.72. The summed E-state index contributed by atoms with van der Waals surface area (Å²) in [6, 6.07) is 18.2. The zero-order valence-corrected chi connectivity index (χ0v) is 14.2. The minimum atomic E-state index is -0.698. The summed E-state index contributed by atoms with van der Waals surface area (Å²) in [6.07, 6.45) is 3.65. The second-order valence-electron chi connectivity index (χ2n) is 5.99. The molecule has 2 aromatic rings. The van der Waals surface area contributed by atoms with Crippen LogP contribution in [0.25, 0.3) is 6.08 Å². The topological polar surface area (TPSA) is 67.4 Å². The molecular formula is C21H20N2O3. The summed E-state index contributed by atoms with van der Waals surface area (Å²) in [5.74, 6) is -1.13. The number of carbonyl (C=O) groups is 2. The fraction of sp³-hybridized carbons (Fsp3) is 0.143. The molecule has 0 bridgehead atoms. The van der Waals surface area contributed by atoms with Crippen LogP contribution in [-0.2, 0) is 16.1 Å². The van der Waals surface area contributed by atoms with Crippen molar-refractivity contribution in [3.8, 4) is 0 Å². The predicted octanol–water partition coefficient (Wildman–Crippen LogP) is 3.25. The maximum Gasteiger partial charge on any atom is 0.319 e. The molecule has 2 N–H and O–H groups in total. The summed E-state index contributed by atoms with van der Waals surface area (Å²) in [5, 5.41) is 5.31. The molecule has 1 saturated heterocycles. The SMILES string of the molecule is C=C1NC(=O)NC(C=Cc2ccccc2)C1C(=O)OCc1ccccc1. The zero-order valence-electron chi connectivity index (χ0n) is 14.2. The second-order valence-corrected chi connectivity index (χ2v) is 5.99. The Morgan fingerprint density at radius 1 is 1.08 bits per heavy atom. The first-order valence-corrected chi connectivity index (χ1v) is 8.33. The van der Waals surface area contributed by atoms with Gasteiger partial charge in [-0.3, -0.25) is 4.79 Å². The maximum absolute atomic E-state index is 12.6. The van der Waals surface area contributed by atoms with E-state index in [-0.39, 0.29) is 12.6 Å². The van der Waals surface area contributed by atoms with Gasteiger partial charge in [-0.05, 0) is 11.1 Å². The minimum absolute atomic E-state index is 0.173. The van der Waals surface area contributed by atoms with Crippen molar-refractivity contribution in [1.82, 2.24) is 10.6 Å². The van der Waals surface area contributed by atoms with Crippen LogP contribution in [0, 0.1) is 5.92 Å². The van der Waals surface area contributed by atoms with E-state index in [0.29, 0.717) is 5.70 Å². The van der Waals surface area contributed by atoms with Gasteiger partial charge in [0.2, 0.25) is 0 Å². The standard InChI is InChI=1S/C21H20N2O3/c1-15-19(20(24)26-14-17-10-6-3-7-11-17)18(23-21(25)22-15)13-12-16-8-4-2-5-9-16/h2-13,18-19H,1,14H2,(H2,22,23,25). The van der Waals surface area contributed by atoms with E-state index in [1.807, 2.05) is 66.7 Å². The van der Waals surface area contributed by atoms with Crippen molar-refractivity contribution in [1.29, 1.82) is 0 Å². The van der Waals surface area contributed by atoms with Crippen molar-refractivity contribution in [3.05, 3.63) is 90.1 Å². The van der Waals surface area contributed by atoms with E-state index in [0.717, 1.165) is 11.1 Å². The van der Waals surface area contributed by atoms with E-state index in [9.17, 15) is 9.59 Å². The lowest BCUT2D eigenvalue weighted by Crippen LogP contribution is -2.55. The molecule has 2 atom stereocenters. The lowest BCUT2D eigenvalue weighted by Gasteiger charge is -2.31. The average Bonchev–Trinajstić information content (AvgIpc) is 2.66. The molecule has 0 saturated carbocycles. The number of ether oxygens (including phenoxy) is 1. The number of urea groups is 1. The molecular weight excluding hydrogens is 328 g/mol. The number of nitrogens with one attached hydrogen (secondary N) is 2. The summed E-state index contributed by atoms with van der Waals surface area (Å²) >= 11 is 0. The fourth-order valence-corrected chi connectivity index (χ4v) is 2.76. The van der Waals surface area contributed by atoms with Gasteiger partial charge in [-0.25, -0.2) is 4.79 Å². The van der Waals surface area contributed by atoms with Crippen molar-refractivity contribution >= 4 is 18.1 Å². The van der Waals surface area contributed by atoms with Gasteiger partial charge in [-0.15, -0.1) is 0 Å². The van der Waals surface area contributed by atoms with Gasteiger partial charge in [0.05, 0.1) is 6.04 Å². The number of rotatable bonds is 5. The van der Waals surface area contributed by atoms with Crippen LogP contribution >= 0.6 is 0 Å². The highest BCUT2D eigenvalue weighted by atomic mass is 16.5. The average molecular weight is 348 g/mol. The van der Waals surface area contributed by atoms with Crippen molar-refractivity contribution < 1.29 is 14.3 Å². The van der Waals surface area contributed by atoms with Crippen LogP contribution in [0.15, 0.2) is 79.0 Å². The van der Waals surface area contributed by atoms with Gasteiger partial charge < -0.3 is 15.4 Å². The smallest absolute Gasteiger partial charge is 0.319 e. The summed E-state index contributed by atoms with van der Waals surface area (Å²) in [4.78, 5) is 24.4. The molecule has 2 unspecified atom stereocenters. The molecule has 2 amide bonds. The van der Waals surface area contributed by atoms with E-state index >= 15 is 0 Å². The molecule has 26 heavy (non-hydrogen) atoms. The number of carbonyl (C=O) groups excluding carboxylic acids is 2. The highest BCUT2D eigenvalue weighted by Gasteiger charge is 2.36. The Bertz CT molecular complexity index is 816. The molecule has 0 radical (unpaired) electrons. The Morgan fingerprint density at radius 3 is 2.42 bits per heavy atom. The molecule has 1 aliphatic heterocycles. The van der Waals surface area contributed by atoms with Gasteiger partial charge in [-0.2, -0.15) is 0 Å². The van der Waals surface area contributed by atoms with Crippen molar-refractivity contribution in [2.45, 2.75) is 12.6 Å². The van der Waals surface area contributed by atoms with Crippen molar-refractivity contribution in [2.24, 2.45) is 5.92 Å². The van der Waals surface area contributed by atoms with Crippen molar-refractivity contribution in [2.75, 3.05) is 0 Å². The summed E-state index contributed by atoms with van der Waals surface area (Å²) in [5.41, 5.74) is 2.20. The number of hydrogen-bond acceptors (Lipinski definition) is 3. The zero-order chi connectivity index (χ0) is 18.4. The van der Waals surface area contributed by atoms with Crippen LogP contribution in [-0.4, -0.2) is 18.0 Å². The molecule has 5 nitrogen and oxygen atoms in total. The third-order valence-corrected chi connectivity index (χ3v) is 4.08. The van der Waals surface area contributed by atoms with Crippen LogP contribution in [0.2, 0.25) is 0 Å². The molecule has 0 spiro atoms. The quantitative estimate of drug-likeness (QED) is 0.815. The molecule has 0 aliphatic carbocycles. The lowest BCUT2D eigenvalue weighted by atomic mass is 9.93. The maximum atomic E-state index is 12.6. The first-order valence-electron chi connectivity index (χ1n) is 8.33. The van der Waals surface area contributed by atoms with Gasteiger partial charge in [-0.1, -0.05) is 79.4 Å². The molecule has 2 aromatic carbocycles. The van der Waals surface area contributed by atoms with Crippen LogP contribution in [0.4, 0.5) is 4.79 Å². The molecule has 1 heterocycles. The van der Waals surface area contributed by atoms with E-state index in [1.54, 1.807) is 6.08 Å².